The Labute approximate surface area is 154 Å². The fraction of sp³-hybridized carbons (Fsp3) is 0.158. The average molecular weight is 377 g/mol. The average Bonchev–Trinajstić information content (AvgIpc) is 2.66. The molecule has 0 radical (unpaired) electrons. The molecule has 2 rings (SSSR count). The molecule has 0 aliphatic rings. The van der Waals surface area contributed by atoms with Gasteiger partial charge in [-0.3, -0.25) is 4.79 Å². The first-order valence-corrected chi connectivity index (χ1v) is 7.68. The van der Waals surface area contributed by atoms with Crippen LogP contribution in [-0.2, 0) is 9.53 Å². The van der Waals surface area contributed by atoms with Crippen molar-refractivity contribution in [1.29, 1.82) is 0 Å². The van der Waals surface area contributed by atoms with E-state index in [1.807, 2.05) is 0 Å². The molecule has 8 heteroatoms. The normalized spacial score (nSPS) is 10.6. The Morgan fingerprint density at radius 1 is 1.00 bits per heavy atom. The molecule has 0 aliphatic carbocycles. The lowest BCUT2D eigenvalue weighted by atomic mass is 10.1. The Bertz CT molecular complexity index is 876. The molecule has 0 atom stereocenters. The Hall–Kier alpha value is -3.42. The highest BCUT2D eigenvalue weighted by atomic mass is 19.1. The lowest BCUT2D eigenvalue weighted by Gasteiger charge is -2.14. The number of carbonyl (C=O) groups excluding carboxylic acids is 2. The zero-order chi connectivity index (χ0) is 20.0. The summed E-state index contributed by atoms with van der Waals surface area (Å²) in [6.45, 7) is 0. The molecule has 2 aromatic carbocycles. The number of ether oxygens (including phenoxy) is 3. The predicted molar refractivity (Wildman–Crippen MR) is 94.9 cm³/mol. The number of nitrogens with one attached hydrogen (secondary N) is 1. The summed E-state index contributed by atoms with van der Waals surface area (Å²) in [6, 6.07) is 6.09. The van der Waals surface area contributed by atoms with Gasteiger partial charge in [0.15, 0.2) is 11.5 Å². The van der Waals surface area contributed by atoms with Crippen LogP contribution in [-0.4, -0.2) is 33.2 Å². The first-order chi connectivity index (χ1) is 12.9. The van der Waals surface area contributed by atoms with Crippen LogP contribution in [0.5, 0.6) is 11.5 Å². The van der Waals surface area contributed by atoms with Crippen molar-refractivity contribution < 1.29 is 32.6 Å². The highest BCUT2D eigenvalue weighted by Crippen LogP contribution is 2.33. The van der Waals surface area contributed by atoms with E-state index in [9.17, 15) is 18.4 Å². The van der Waals surface area contributed by atoms with Crippen molar-refractivity contribution >= 4 is 23.6 Å². The van der Waals surface area contributed by atoms with Gasteiger partial charge in [-0.15, -0.1) is 0 Å². The Balaban J connectivity index is 2.33. The topological polar surface area (TPSA) is 73.9 Å². The van der Waals surface area contributed by atoms with E-state index in [-0.39, 0.29) is 28.3 Å². The van der Waals surface area contributed by atoms with Gasteiger partial charge in [-0.05, 0) is 18.2 Å². The first-order valence-electron chi connectivity index (χ1n) is 7.68. The standard InChI is InChI=1S/C19H17F2NO5/c1-25-16-9-12(19(24)27-3)15(10-17(16)26-2)22-18(23)8-7-11-13(20)5-4-6-14(11)21/h4-10H,1-3H3,(H,22,23). The van der Waals surface area contributed by atoms with Crippen LogP contribution < -0.4 is 14.8 Å². The smallest absolute Gasteiger partial charge is 0.340 e. The molecule has 1 N–H and O–H groups in total. The Morgan fingerprint density at radius 2 is 1.59 bits per heavy atom. The third-order valence-electron chi connectivity index (χ3n) is 3.59. The number of hydrogen-bond acceptors (Lipinski definition) is 5. The van der Waals surface area contributed by atoms with E-state index in [0.29, 0.717) is 0 Å². The van der Waals surface area contributed by atoms with Gasteiger partial charge in [0.1, 0.15) is 11.6 Å². The minimum absolute atomic E-state index is 0.0222. The third kappa shape index (κ3) is 4.60. The first kappa shape index (κ1) is 19.9. The molecule has 0 bridgehead atoms. The monoisotopic (exact) mass is 377 g/mol. The summed E-state index contributed by atoms with van der Waals surface area (Å²) < 4.78 is 42.2. The maximum Gasteiger partial charge on any atom is 0.340 e. The van der Waals surface area contributed by atoms with Crippen molar-refractivity contribution in [3.63, 3.8) is 0 Å². The van der Waals surface area contributed by atoms with Gasteiger partial charge in [0.05, 0.1) is 32.6 Å². The minimum Gasteiger partial charge on any atom is -0.493 e. The molecule has 27 heavy (non-hydrogen) atoms. The fourth-order valence-electron chi connectivity index (χ4n) is 2.26. The van der Waals surface area contributed by atoms with Gasteiger partial charge >= 0.3 is 5.97 Å². The summed E-state index contributed by atoms with van der Waals surface area (Å²) in [5, 5.41) is 2.45. The molecule has 142 valence electrons. The van der Waals surface area contributed by atoms with Gasteiger partial charge in [-0.1, -0.05) is 6.07 Å². The Kier molecular flexibility index (Phi) is 6.48. The van der Waals surface area contributed by atoms with Crippen LogP contribution >= 0.6 is 0 Å². The van der Waals surface area contributed by atoms with E-state index in [0.717, 1.165) is 24.3 Å². The number of hydrogen-bond donors (Lipinski definition) is 1. The number of esters is 1. The summed E-state index contributed by atoms with van der Waals surface area (Å²) in [5.41, 5.74) is -0.245. The van der Waals surface area contributed by atoms with E-state index in [1.165, 1.54) is 39.5 Å². The van der Waals surface area contributed by atoms with Gasteiger partial charge in [-0.2, -0.15) is 0 Å². The van der Waals surface area contributed by atoms with E-state index >= 15 is 0 Å². The zero-order valence-electron chi connectivity index (χ0n) is 14.8. The van der Waals surface area contributed by atoms with Gasteiger partial charge in [-0.25, -0.2) is 13.6 Å². The third-order valence-corrected chi connectivity index (χ3v) is 3.59. The number of rotatable bonds is 6. The molecular formula is C19H17F2NO5. The van der Waals surface area contributed by atoms with Gasteiger partial charge in [0.2, 0.25) is 5.91 Å². The van der Waals surface area contributed by atoms with Crippen LogP contribution in [0.15, 0.2) is 36.4 Å². The summed E-state index contributed by atoms with van der Waals surface area (Å²) in [7, 11) is 3.97. The lowest BCUT2D eigenvalue weighted by molar-refractivity contribution is -0.111. The molecule has 6 nitrogen and oxygen atoms in total. The van der Waals surface area contributed by atoms with Crippen LogP contribution in [0.25, 0.3) is 6.08 Å². The van der Waals surface area contributed by atoms with Crippen LogP contribution in [0.2, 0.25) is 0 Å². The van der Waals surface area contributed by atoms with E-state index in [2.05, 4.69) is 10.1 Å². The van der Waals surface area contributed by atoms with Crippen molar-refractivity contribution in [2.45, 2.75) is 0 Å². The molecule has 0 unspecified atom stereocenters. The molecule has 0 fully saturated rings. The second-order valence-electron chi connectivity index (χ2n) is 5.20. The van der Waals surface area contributed by atoms with E-state index in [1.54, 1.807) is 0 Å². The molecule has 2 aromatic rings. The van der Waals surface area contributed by atoms with Crippen LogP contribution in [0.3, 0.4) is 0 Å². The van der Waals surface area contributed by atoms with Gasteiger partial charge in [0, 0.05) is 23.8 Å². The lowest BCUT2D eigenvalue weighted by Crippen LogP contribution is -2.13. The molecule has 0 saturated carbocycles. The maximum absolute atomic E-state index is 13.6. The van der Waals surface area contributed by atoms with Crippen LogP contribution in [0.4, 0.5) is 14.5 Å². The number of anilines is 1. The molecule has 1 amide bonds. The van der Waals surface area contributed by atoms with Crippen LogP contribution in [0.1, 0.15) is 15.9 Å². The minimum atomic E-state index is -0.805. The van der Waals surface area contributed by atoms with Crippen molar-refractivity contribution in [1.82, 2.24) is 0 Å². The summed E-state index contributed by atoms with van der Waals surface area (Å²) >= 11 is 0. The van der Waals surface area contributed by atoms with Crippen molar-refractivity contribution in [2.75, 3.05) is 26.6 Å². The highest BCUT2D eigenvalue weighted by Gasteiger charge is 2.18. The number of amides is 1. The van der Waals surface area contributed by atoms with Gasteiger partial charge in [0.25, 0.3) is 0 Å². The second kappa shape index (κ2) is 8.79. The van der Waals surface area contributed by atoms with Crippen LogP contribution in [0, 0.1) is 11.6 Å². The fourth-order valence-corrected chi connectivity index (χ4v) is 2.26. The number of benzene rings is 2. The van der Waals surface area contributed by atoms with E-state index in [4.69, 9.17) is 9.47 Å². The molecule has 0 aromatic heterocycles. The molecular weight excluding hydrogens is 360 g/mol. The molecule has 0 spiro atoms. The Morgan fingerprint density at radius 3 is 2.15 bits per heavy atom. The second-order valence-corrected chi connectivity index (χ2v) is 5.20. The number of methoxy groups -OCH3 is 3. The SMILES string of the molecule is COC(=O)c1cc(OC)c(OC)cc1NC(=O)C=Cc1c(F)cccc1F. The van der Waals surface area contributed by atoms with Gasteiger partial charge < -0.3 is 19.5 Å². The highest BCUT2D eigenvalue weighted by molar-refractivity contribution is 6.07. The number of halogens is 2. The number of carbonyl (C=O) groups is 2. The van der Waals surface area contributed by atoms with Crippen molar-refractivity contribution in [3.8, 4) is 11.5 Å². The molecule has 0 saturated heterocycles. The van der Waals surface area contributed by atoms with E-state index < -0.39 is 23.5 Å². The summed E-state index contributed by atoms with van der Waals surface area (Å²) in [6.07, 6.45) is 1.94. The van der Waals surface area contributed by atoms with Crippen molar-refractivity contribution in [2.24, 2.45) is 0 Å². The summed E-state index contributed by atoms with van der Waals surface area (Å²) in [4.78, 5) is 24.1. The summed E-state index contributed by atoms with van der Waals surface area (Å²) in [5.74, 6) is -2.50. The predicted octanol–water partition coefficient (Wildman–Crippen LogP) is 3.42. The zero-order valence-corrected chi connectivity index (χ0v) is 14.8. The quantitative estimate of drug-likeness (QED) is 0.617. The molecule has 0 aliphatic heterocycles. The molecule has 0 heterocycles. The largest absolute Gasteiger partial charge is 0.493 e. The van der Waals surface area contributed by atoms with Crippen molar-refractivity contribution in [3.05, 3.63) is 59.2 Å². The maximum atomic E-state index is 13.6.